The predicted molar refractivity (Wildman–Crippen MR) is 129 cm³/mol. The summed E-state index contributed by atoms with van der Waals surface area (Å²) in [6, 6.07) is 22.1. The zero-order chi connectivity index (χ0) is 25.5. The van der Waals surface area contributed by atoms with Crippen molar-refractivity contribution in [1.29, 1.82) is 10.5 Å². The molecule has 1 heterocycles. The van der Waals surface area contributed by atoms with Gasteiger partial charge in [-0.05, 0) is 59.9 Å². The Balaban J connectivity index is 1.63. The van der Waals surface area contributed by atoms with Gasteiger partial charge in [-0.15, -0.1) is 0 Å². The largest absolute Gasteiger partial charge is 0.460 e. The van der Waals surface area contributed by atoms with Crippen molar-refractivity contribution in [3.8, 4) is 12.1 Å². The van der Waals surface area contributed by atoms with Gasteiger partial charge < -0.3 is 10.1 Å². The number of aryl methyl sites for hydroxylation is 1. The van der Waals surface area contributed by atoms with E-state index in [2.05, 4.69) is 16.4 Å². The van der Waals surface area contributed by atoms with Crippen LogP contribution in [0.4, 0.5) is 9.18 Å². The molecule has 0 saturated heterocycles. The summed E-state index contributed by atoms with van der Waals surface area (Å²) in [7, 11) is 0. The minimum atomic E-state index is -1.00. The van der Waals surface area contributed by atoms with E-state index in [1.54, 1.807) is 42.5 Å². The maximum atomic E-state index is 14.0. The first-order valence-electron chi connectivity index (χ1n) is 11.3. The molecule has 0 aromatic heterocycles. The highest BCUT2D eigenvalue weighted by Crippen LogP contribution is 2.30. The van der Waals surface area contributed by atoms with Gasteiger partial charge in [-0.1, -0.05) is 42.5 Å². The molecule has 2 unspecified atom stereocenters. The quantitative estimate of drug-likeness (QED) is 0.489. The van der Waals surface area contributed by atoms with Crippen LogP contribution in [0, 0.1) is 34.4 Å². The molecule has 0 aliphatic carbocycles. The summed E-state index contributed by atoms with van der Waals surface area (Å²) in [6.07, 6.45) is 0.599. The molecule has 2 amide bonds. The summed E-state index contributed by atoms with van der Waals surface area (Å²) < 4.78 is 19.6. The second kappa shape index (κ2) is 11.1. The van der Waals surface area contributed by atoms with E-state index in [1.807, 2.05) is 18.2 Å². The number of urea groups is 1. The van der Waals surface area contributed by atoms with Gasteiger partial charge in [0.05, 0.1) is 29.3 Å². The highest BCUT2D eigenvalue weighted by molar-refractivity contribution is 6.09. The Hall–Kier alpha value is -4.82. The molecule has 3 aromatic rings. The summed E-state index contributed by atoms with van der Waals surface area (Å²) in [6.45, 7) is -0.0841. The maximum absolute atomic E-state index is 14.0. The molecule has 1 N–H and O–H groups in total. The number of esters is 1. The molecular weight excluding hydrogens is 459 g/mol. The number of hydrogen-bond acceptors (Lipinski definition) is 5. The minimum Gasteiger partial charge on any atom is -0.460 e. The van der Waals surface area contributed by atoms with Crippen LogP contribution in [-0.4, -0.2) is 17.7 Å². The van der Waals surface area contributed by atoms with Crippen molar-refractivity contribution in [3.63, 3.8) is 0 Å². The molecule has 0 saturated carbocycles. The van der Waals surface area contributed by atoms with Crippen LogP contribution in [-0.2, 0) is 22.6 Å². The van der Waals surface area contributed by atoms with Gasteiger partial charge >= 0.3 is 12.0 Å². The third-order valence-electron chi connectivity index (χ3n) is 5.90. The Morgan fingerprint density at radius 1 is 1.00 bits per heavy atom. The third-order valence-corrected chi connectivity index (χ3v) is 5.90. The predicted octanol–water partition coefficient (Wildman–Crippen LogP) is 4.77. The van der Waals surface area contributed by atoms with E-state index in [1.165, 1.54) is 18.2 Å². The van der Waals surface area contributed by atoms with Crippen molar-refractivity contribution in [3.05, 3.63) is 106 Å². The van der Waals surface area contributed by atoms with Gasteiger partial charge in [-0.25, -0.2) is 14.2 Å². The Kier molecular flexibility index (Phi) is 7.48. The Bertz CT molecular complexity index is 1420. The smallest absolute Gasteiger partial charge is 0.341 e. The van der Waals surface area contributed by atoms with Crippen LogP contribution in [0.5, 0.6) is 0 Å². The van der Waals surface area contributed by atoms with E-state index in [9.17, 15) is 19.2 Å². The van der Waals surface area contributed by atoms with Gasteiger partial charge in [0, 0.05) is 5.71 Å². The van der Waals surface area contributed by atoms with E-state index < -0.39 is 29.8 Å². The number of nitriles is 2. The van der Waals surface area contributed by atoms with Crippen LogP contribution in [0.15, 0.2) is 77.8 Å². The molecule has 4 rings (SSSR count). The zero-order valence-electron chi connectivity index (χ0n) is 19.1. The first-order valence-corrected chi connectivity index (χ1v) is 11.3. The van der Waals surface area contributed by atoms with Crippen LogP contribution >= 0.6 is 0 Å². The lowest BCUT2D eigenvalue weighted by Gasteiger charge is -2.31. The normalized spacial score (nSPS) is 16.8. The van der Waals surface area contributed by atoms with Crippen molar-refractivity contribution in [2.45, 2.75) is 25.5 Å². The highest BCUT2D eigenvalue weighted by atomic mass is 19.1. The number of benzene rings is 3. The fraction of sp³-hybridized carbons (Fsp3) is 0.179. The summed E-state index contributed by atoms with van der Waals surface area (Å²) >= 11 is 0. The lowest BCUT2D eigenvalue weighted by molar-refractivity contribution is -0.148. The van der Waals surface area contributed by atoms with E-state index >= 15 is 0 Å². The number of carbonyl (C=O) groups excluding carboxylic acids is 2. The Morgan fingerprint density at radius 2 is 1.81 bits per heavy atom. The molecule has 1 aliphatic rings. The summed E-state index contributed by atoms with van der Waals surface area (Å²) in [4.78, 5) is 29.9. The second-order valence-electron chi connectivity index (χ2n) is 8.25. The van der Waals surface area contributed by atoms with Crippen LogP contribution in [0.25, 0.3) is 0 Å². The summed E-state index contributed by atoms with van der Waals surface area (Å²) in [5, 5.41) is 21.2. The number of hydrogen-bond donors (Lipinski definition) is 1. The van der Waals surface area contributed by atoms with E-state index in [-0.39, 0.29) is 18.7 Å². The van der Waals surface area contributed by atoms with Gasteiger partial charge in [0.15, 0.2) is 0 Å². The van der Waals surface area contributed by atoms with Crippen LogP contribution in [0.1, 0.15) is 40.3 Å². The average Bonchev–Trinajstić information content (AvgIpc) is 2.90. The number of amides is 2. The number of aliphatic imine (C=N–C) groups is 1. The van der Waals surface area contributed by atoms with Gasteiger partial charge in [0.2, 0.25) is 0 Å². The average molecular weight is 480 g/mol. The Labute approximate surface area is 207 Å². The molecular formula is C28H21FN4O3. The molecule has 7 nitrogen and oxygen atoms in total. The SMILES string of the molecule is N#Cc1cccc(COC(=O)C2C(CCc3ccccc3C#N)=NC(=O)NC2c2cccc(F)c2)c1. The maximum Gasteiger partial charge on any atom is 0.341 e. The van der Waals surface area contributed by atoms with Gasteiger partial charge in [-0.3, -0.25) is 4.79 Å². The highest BCUT2D eigenvalue weighted by Gasteiger charge is 2.39. The fourth-order valence-corrected chi connectivity index (χ4v) is 4.19. The molecule has 36 heavy (non-hydrogen) atoms. The molecule has 8 heteroatoms. The summed E-state index contributed by atoms with van der Waals surface area (Å²) in [5.41, 5.74) is 3.02. The second-order valence-corrected chi connectivity index (χ2v) is 8.25. The van der Waals surface area contributed by atoms with Crippen molar-refractivity contribution < 1.29 is 18.7 Å². The Morgan fingerprint density at radius 3 is 2.58 bits per heavy atom. The lowest BCUT2D eigenvalue weighted by atomic mass is 9.85. The molecule has 178 valence electrons. The minimum absolute atomic E-state index is 0.0841. The van der Waals surface area contributed by atoms with E-state index in [4.69, 9.17) is 10.00 Å². The fourth-order valence-electron chi connectivity index (χ4n) is 4.19. The van der Waals surface area contributed by atoms with Crippen LogP contribution < -0.4 is 5.32 Å². The third kappa shape index (κ3) is 5.63. The van der Waals surface area contributed by atoms with Gasteiger partial charge in [-0.2, -0.15) is 10.5 Å². The van der Waals surface area contributed by atoms with E-state index in [0.717, 1.165) is 5.56 Å². The molecule has 1 aliphatic heterocycles. The molecule has 0 bridgehead atoms. The topological polar surface area (TPSA) is 115 Å². The molecule has 0 spiro atoms. The van der Waals surface area contributed by atoms with Crippen molar-refractivity contribution in [1.82, 2.24) is 5.32 Å². The van der Waals surface area contributed by atoms with Crippen molar-refractivity contribution in [2.75, 3.05) is 0 Å². The number of carbonyl (C=O) groups is 2. The number of ether oxygens (including phenoxy) is 1. The van der Waals surface area contributed by atoms with Gasteiger partial charge in [0.1, 0.15) is 18.3 Å². The monoisotopic (exact) mass is 480 g/mol. The summed E-state index contributed by atoms with van der Waals surface area (Å²) in [5.74, 6) is -2.15. The molecule has 0 fully saturated rings. The van der Waals surface area contributed by atoms with Crippen molar-refractivity contribution >= 4 is 17.7 Å². The number of nitrogens with zero attached hydrogens (tertiary/aromatic N) is 3. The molecule has 3 aromatic carbocycles. The number of rotatable bonds is 7. The van der Waals surface area contributed by atoms with Crippen molar-refractivity contribution in [2.24, 2.45) is 10.9 Å². The van der Waals surface area contributed by atoms with Crippen LogP contribution in [0.3, 0.4) is 0 Å². The first-order chi connectivity index (χ1) is 17.5. The first kappa shape index (κ1) is 24.3. The standard InChI is InChI=1S/C28H21FN4O3/c29-23-10-4-9-21(14-23)26-25(27(34)36-17-19-6-3-5-18(13-19)15-30)24(32-28(35)33-26)12-11-20-7-1-2-8-22(20)16-31/h1-10,13-14,25-26H,11-12,17H2,(H,33,35). The van der Waals surface area contributed by atoms with Crippen LogP contribution in [0.2, 0.25) is 0 Å². The number of halogens is 1. The lowest BCUT2D eigenvalue weighted by Crippen LogP contribution is -2.45. The van der Waals surface area contributed by atoms with Gasteiger partial charge in [0.25, 0.3) is 0 Å². The van der Waals surface area contributed by atoms with E-state index in [0.29, 0.717) is 28.7 Å². The molecule has 2 atom stereocenters. The molecule has 0 radical (unpaired) electrons. The number of nitrogens with one attached hydrogen (secondary N) is 1. The zero-order valence-corrected chi connectivity index (χ0v) is 19.1.